The predicted molar refractivity (Wildman–Crippen MR) is 54.1 cm³/mol. The van der Waals surface area contributed by atoms with Gasteiger partial charge >= 0.3 is 0 Å². The molecular weight excluding hydrogens is 176 g/mol. The Bertz CT molecular complexity index is 380. The van der Waals surface area contributed by atoms with Gasteiger partial charge in [-0.3, -0.25) is 4.79 Å². The van der Waals surface area contributed by atoms with Crippen molar-refractivity contribution in [1.82, 2.24) is 0 Å². The molecule has 1 aliphatic heterocycles. The second-order valence-corrected chi connectivity index (χ2v) is 3.50. The number of carbonyl (C=O) groups is 1. The van der Waals surface area contributed by atoms with E-state index in [4.69, 9.17) is 4.74 Å². The molecule has 14 heavy (non-hydrogen) atoms. The minimum absolute atomic E-state index is 0.100. The summed E-state index contributed by atoms with van der Waals surface area (Å²) in [5.74, 6) is 0.0410. The molecule has 0 saturated heterocycles. The first-order chi connectivity index (χ1) is 6.77. The Kier molecular flexibility index (Phi) is 2.35. The first-order valence-corrected chi connectivity index (χ1v) is 4.66. The molecule has 0 radical (unpaired) electrons. The van der Waals surface area contributed by atoms with E-state index in [0.29, 0.717) is 6.61 Å². The lowest BCUT2D eigenvalue weighted by molar-refractivity contribution is 0.0915. The highest BCUT2D eigenvalue weighted by molar-refractivity contribution is 5.99. The summed E-state index contributed by atoms with van der Waals surface area (Å²) in [6.07, 6.45) is 3.41. The van der Waals surface area contributed by atoms with Crippen LogP contribution in [0.2, 0.25) is 0 Å². The first-order valence-electron chi connectivity index (χ1n) is 4.66. The lowest BCUT2D eigenvalue weighted by Crippen LogP contribution is -2.14. The summed E-state index contributed by atoms with van der Waals surface area (Å²) in [6, 6.07) is 7.65. The molecule has 0 saturated carbocycles. The van der Waals surface area contributed by atoms with Crippen molar-refractivity contribution in [3.05, 3.63) is 47.7 Å². The number of ether oxygens (including phenoxy) is 1. The zero-order valence-electron chi connectivity index (χ0n) is 8.07. The Morgan fingerprint density at radius 1 is 1.50 bits per heavy atom. The van der Waals surface area contributed by atoms with Crippen LogP contribution in [0.4, 0.5) is 0 Å². The van der Waals surface area contributed by atoms with Gasteiger partial charge < -0.3 is 4.74 Å². The van der Waals surface area contributed by atoms with E-state index in [1.165, 1.54) is 0 Å². The molecule has 72 valence electrons. The van der Waals surface area contributed by atoms with E-state index in [2.05, 4.69) is 0 Å². The fraction of sp³-hybridized carbons (Fsp3) is 0.250. The number of rotatable bonds is 2. The number of aryl methyl sites for hydroxylation is 1. The van der Waals surface area contributed by atoms with E-state index in [-0.39, 0.29) is 11.7 Å². The van der Waals surface area contributed by atoms with Gasteiger partial charge in [-0.2, -0.15) is 0 Å². The Hall–Kier alpha value is -1.57. The Morgan fingerprint density at radius 2 is 2.36 bits per heavy atom. The Labute approximate surface area is 83.2 Å². The van der Waals surface area contributed by atoms with Crippen molar-refractivity contribution in [2.45, 2.75) is 6.92 Å². The number of hydrogen-bond acceptors (Lipinski definition) is 2. The molecule has 0 bridgehead atoms. The van der Waals surface area contributed by atoms with Crippen molar-refractivity contribution >= 4 is 5.78 Å². The zero-order chi connectivity index (χ0) is 9.97. The van der Waals surface area contributed by atoms with Crippen LogP contribution in [-0.2, 0) is 4.74 Å². The summed E-state index contributed by atoms with van der Waals surface area (Å²) in [5, 5.41) is 0. The maximum atomic E-state index is 11.9. The van der Waals surface area contributed by atoms with Gasteiger partial charge in [0.2, 0.25) is 0 Å². The van der Waals surface area contributed by atoms with Crippen LogP contribution in [0.5, 0.6) is 0 Å². The Morgan fingerprint density at radius 3 is 3.00 bits per heavy atom. The van der Waals surface area contributed by atoms with Crippen LogP contribution < -0.4 is 0 Å². The quantitative estimate of drug-likeness (QED) is 0.666. The van der Waals surface area contributed by atoms with Crippen LogP contribution in [0.15, 0.2) is 36.6 Å². The maximum Gasteiger partial charge on any atom is 0.173 e. The summed E-state index contributed by atoms with van der Waals surface area (Å²) >= 11 is 0. The lowest BCUT2D eigenvalue weighted by atomic mass is 9.98. The molecule has 1 heterocycles. The normalized spacial score (nSPS) is 19.4. The third-order valence-corrected chi connectivity index (χ3v) is 2.32. The van der Waals surface area contributed by atoms with Gasteiger partial charge in [0.05, 0.1) is 12.2 Å². The van der Waals surface area contributed by atoms with E-state index in [0.717, 1.165) is 11.1 Å². The molecule has 2 rings (SSSR count). The molecule has 0 aromatic heterocycles. The molecule has 1 unspecified atom stereocenters. The molecule has 1 atom stereocenters. The fourth-order valence-corrected chi connectivity index (χ4v) is 1.54. The van der Waals surface area contributed by atoms with Crippen molar-refractivity contribution < 1.29 is 9.53 Å². The van der Waals surface area contributed by atoms with Crippen LogP contribution in [0, 0.1) is 12.8 Å². The van der Waals surface area contributed by atoms with Gasteiger partial charge in [0.1, 0.15) is 6.61 Å². The average Bonchev–Trinajstić information content (AvgIpc) is 2.69. The van der Waals surface area contributed by atoms with Crippen molar-refractivity contribution in [2.75, 3.05) is 6.61 Å². The van der Waals surface area contributed by atoms with Gasteiger partial charge in [0.15, 0.2) is 5.78 Å². The SMILES string of the molecule is Cc1cccc(C(=O)C2C=COC2)c1. The molecule has 0 aliphatic carbocycles. The zero-order valence-corrected chi connectivity index (χ0v) is 8.07. The Balaban J connectivity index is 2.22. The fourth-order valence-electron chi connectivity index (χ4n) is 1.54. The molecule has 1 aromatic rings. The number of carbonyl (C=O) groups excluding carboxylic acids is 1. The number of hydrogen-bond donors (Lipinski definition) is 0. The molecule has 0 amide bonds. The summed E-state index contributed by atoms with van der Waals surface area (Å²) < 4.78 is 5.03. The monoisotopic (exact) mass is 188 g/mol. The predicted octanol–water partition coefficient (Wildman–Crippen LogP) is 2.34. The standard InChI is InChI=1S/C12H12O2/c1-9-3-2-4-10(7-9)12(13)11-5-6-14-8-11/h2-7,11H,8H2,1H3. The first kappa shape index (κ1) is 9.00. The van der Waals surface area contributed by atoms with Gasteiger partial charge in [0.25, 0.3) is 0 Å². The van der Waals surface area contributed by atoms with Gasteiger partial charge in [0, 0.05) is 5.56 Å². The van der Waals surface area contributed by atoms with Crippen LogP contribution in [0.3, 0.4) is 0 Å². The molecule has 2 heteroatoms. The number of Topliss-reactive ketones (excluding diaryl/α,β-unsaturated/α-hetero) is 1. The van der Waals surface area contributed by atoms with Crippen LogP contribution in [-0.4, -0.2) is 12.4 Å². The van der Waals surface area contributed by atoms with E-state index < -0.39 is 0 Å². The minimum Gasteiger partial charge on any atom is -0.500 e. The molecular formula is C12H12O2. The third kappa shape index (κ3) is 1.69. The smallest absolute Gasteiger partial charge is 0.173 e. The number of ketones is 1. The summed E-state index contributed by atoms with van der Waals surface area (Å²) in [6.45, 7) is 2.46. The number of benzene rings is 1. The molecule has 2 nitrogen and oxygen atoms in total. The van der Waals surface area contributed by atoms with Gasteiger partial charge in [-0.15, -0.1) is 0 Å². The van der Waals surface area contributed by atoms with Crippen molar-refractivity contribution in [2.24, 2.45) is 5.92 Å². The molecule has 0 spiro atoms. The van der Waals surface area contributed by atoms with Crippen LogP contribution in [0.1, 0.15) is 15.9 Å². The van der Waals surface area contributed by atoms with E-state index >= 15 is 0 Å². The molecule has 1 aliphatic rings. The average molecular weight is 188 g/mol. The van der Waals surface area contributed by atoms with Gasteiger partial charge in [-0.1, -0.05) is 23.8 Å². The summed E-state index contributed by atoms with van der Waals surface area (Å²) in [4.78, 5) is 11.9. The third-order valence-electron chi connectivity index (χ3n) is 2.32. The lowest BCUT2D eigenvalue weighted by Gasteiger charge is -2.05. The minimum atomic E-state index is -0.100. The van der Waals surface area contributed by atoms with Crippen LogP contribution in [0.25, 0.3) is 0 Å². The molecule has 1 aromatic carbocycles. The van der Waals surface area contributed by atoms with Crippen LogP contribution >= 0.6 is 0 Å². The van der Waals surface area contributed by atoms with Crippen molar-refractivity contribution in [3.8, 4) is 0 Å². The maximum absolute atomic E-state index is 11.9. The second kappa shape index (κ2) is 3.66. The van der Waals surface area contributed by atoms with Crippen molar-refractivity contribution in [3.63, 3.8) is 0 Å². The van der Waals surface area contributed by atoms with Crippen molar-refractivity contribution in [1.29, 1.82) is 0 Å². The van der Waals surface area contributed by atoms with Gasteiger partial charge in [-0.25, -0.2) is 0 Å². The highest BCUT2D eigenvalue weighted by atomic mass is 16.5. The highest BCUT2D eigenvalue weighted by Gasteiger charge is 2.20. The highest BCUT2D eigenvalue weighted by Crippen LogP contribution is 2.16. The molecule has 0 fully saturated rings. The summed E-state index contributed by atoms with van der Waals surface area (Å²) in [7, 11) is 0. The topological polar surface area (TPSA) is 26.3 Å². The van der Waals surface area contributed by atoms with E-state index in [1.807, 2.05) is 37.3 Å². The second-order valence-electron chi connectivity index (χ2n) is 3.50. The van der Waals surface area contributed by atoms with Gasteiger partial charge in [-0.05, 0) is 19.1 Å². The largest absolute Gasteiger partial charge is 0.500 e. The molecule has 0 N–H and O–H groups in total. The van der Waals surface area contributed by atoms with E-state index in [9.17, 15) is 4.79 Å². The van der Waals surface area contributed by atoms with E-state index in [1.54, 1.807) is 6.26 Å². The summed E-state index contributed by atoms with van der Waals surface area (Å²) in [5.41, 5.74) is 1.88.